The first kappa shape index (κ1) is 28.1. The minimum atomic E-state index is -1.25. The lowest BCUT2D eigenvalue weighted by Crippen LogP contribution is -2.71. The van der Waals surface area contributed by atoms with E-state index in [0.29, 0.717) is 27.9 Å². The van der Waals surface area contributed by atoms with Gasteiger partial charge in [0.05, 0.1) is 0 Å². The normalized spacial score (nSPS) is 18.9. The van der Waals surface area contributed by atoms with Crippen LogP contribution in [0.25, 0.3) is 0 Å². The molecule has 5 rings (SSSR count). The van der Waals surface area contributed by atoms with Crippen LogP contribution in [0, 0.1) is 6.92 Å². The van der Waals surface area contributed by atoms with Gasteiger partial charge in [0.15, 0.2) is 0 Å². The van der Waals surface area contributed by atoms with Crippen molar-refractivity contribution in [3.63, 3.8) is 0 Å². The highest BCUT2D eigenvalue weighted by Crippen LogP contribution is 2.41. The number of carbonyl (C=O) groups is 4. The summed E-state index contributed by atoms with van der Waals surface area (Å²) in [6.07, 6.45) is 0. The Morgan fingerprint density at radius 1 is 1.24 bits per heavy atom. The van der Waals surface area contributed by atoms with Crippen molar-refractivity contribution >= 4 is 47.2 Å². The average Bonchev–Trinajstić information content (AvgIpc) is 3.52. The summed E-state index contributed by atoms with van der Waals surface area (Å²) in [6, 6.07) is 6.25. The van der Waals surface area contributed by atoms with Crippen molar-refractivity contribution in [3.8, 4) is 0 Å². The number of hydrogen-bond donors (Lipinski definition) is 4. The molecule has 214 valence electrons. The summed E-state index contributed by atoms with van der Waals surface area (Å²) in [5.41, 5.74) is 0.296. The molecule has 3 atom stereocenters. The zero-order valence-corrected chi connectivity index (χ0v) is 23.3. The summed E-state index contributed by atoms with van der Waals surface area (Å²) in [4.78, 5) is 64.7. The molecule has 3 amide bonds. The van der Waals surface area contributed by atoms with Crippen molar-refractivity contribution in [1.82, 2.24) is 50.5 Å². The van der Waals surface area contributed by atoms with Crippen molar-refractivity contribution in [3.05, 3.63) is 63.5 Å². The van der Waals surface area contributed by atoms with Gasteiger partial charge < -0.3 is 15.7 Å². The number of rotatable bonds is 10. The number of carboxylic acids is 1. The topological polar surface area (TPSA) is 210 Å². The predicted octanol–water partition coefficient (Wildman–Crippen LogP) is -1.21. The molecule has 1 fully saturated rings. The molecule has 2 aromatic heterocycles. The second kappa shape index (κ2) is 11.6. The molecule has 0 saturated carbocycles. The third-order valence-electron chi connectivity index (χ3n) is 6.46. The number of carbonyl (C=O) groups excluding carboxylic acids is 3. The number of nitrogens with one attached hydrogen (secondary N) is 3. The Morgan fingerprint density at radius 2 is 2.00 bits per heavy atom. The van der Waals surface area contributed by atoms with Crippen LogP contribution in [-0.4, -0.2) is 91.6 Å². The molecule has 18 heteroatoms. The van der Waals surface area contributed by atoms with E-state index in [9.17, 15) is 29.1 Å². The fourth-order valence-corrected chi connectivity index (χ4v) is 6.74. The molecule has 1 saturated heterocycles. The minimum Gasteiger partial charge on any atom is -0.477 e. The van der Waals surface area contributed by atoms with Crippen molar-refractivity contribution in [1.29, 1.82) is 0 Å². The number of thioether (sulfide) groups is 2. The van der Waals surface area contributed by atoms with E-state index in [-0.39, 0.29) is 18.0 Å². The molecule has 4 N–H and O–H groups in total. The van der Waals surface area contributed by atoms with Gasteiger partial charge in [0.2, 0.25) is 17.0 Å². The zero-order valence-electron chi connectivity index (χ0n) is 21.7. The number of amides is 3. The SMILES string of the molecule is Cc1n[nH]c(=O)n1CC(=O)N[C@@H](C(=O)NC1C(=O)N2C(C(=O)O)=C(CSc3nnnn3C)CS[C@H]12)c1ccccc1. The van der Waals surface area contributed by atoms with Gasteiger partial charge in [0, 0.05) is 18.6 Å². The number of benzene rings is 1. The van der Waals surface area contributed by atoms with E-state index < -0.39 is 46.8 Å². The lowest BCUT2D eigenvalue weighted by atomic mass is 10.0. The van der Waals surface area contributed by atoms with Gasteiger partial charge in [-0.3, -0.25) is 23.9 Å². The largest absolute Gasteiger partial charge is 0.477 e. The number of tetrazole rings is 1. The fourth-order valence-electron chi connectivity index (χ4n) is 4.40. The molecule has 2 aliphatic heterocycles. The molecule has 0 aliphatic carbocycles. The summed E-state index contributed by atoms with van der Waals surface area (Å²) in [6.45, 7) is 1.18. The third-order valence-corrected chi connectivity index (χ3v) is 8.89. The van der Waals surface area contributed by atoms with E-state index in [1.807, 2.05) is 0 Å². The molecule has 3 aromatic rings. The monoisotopic (exact) mass is 600 g/mol. The number of aromatic nitrogens is 7. The molecule has 4 heterocycles. The number of β-lactam (4-membered cyclic amide) rings is 1. The average molecular weight is 601 g/mol. The van der Waals surface area contributed by atoms with Crippen LogP contribution in [0.3, 0.4) is 0 Å². The molecule has 1 aromatic carbocycles. The smallest absolute Gasteiger partial charge is 0.352 e. The van der Waals surface area contributed by atoms with E-state index in [4.69, 9.17) is 0 Å². The van der Waals surface area contributed by atoms with Crippen LogP contribution in [0.1, 0.15) is 17.4 Å². The van der Waals surface area contributed by atoms with Gasteiger partial charge in [-0.1, -0.05) is 42.1 Å². The number of nitrogens with zero attached hydrogens (tertiary/aromatic N) is 7. The Hall–Kier alpha value is -4.45. The summed E-state index contributed by atoms with van der Waals surface area (Å²) < 4.78 is 2.58. The van der Waals surface area contributed by atoms with Crippen LogP contribution in [0.5, 0.6) is 0 Å². The van der Waals surface area contributed by atoms with Crippen LogP contribution in [-0.2, 0) is 32.8 Å². The minimum absolute atomic E-state index is 0.124. The number of fused-ring (bicyclic) bond motifs is 1. The second-order valence-corrected chi connectivity index (χ2v) is 11.1. The van der Waals surface area contributed by atoms with Gasteiger partial charge in [-0.25, -0.2) is 19.4 Å². The lowest BCUT2D eigenvalue weighted by molar-refractivity contribution is -0.151. The molecule has 0 radical (unpaired) electrons. The Morgan fingerprint density at radius 3 is 2.63 bits per heavy atom. The maximum Gasteiger partial charge on any atom is 0.352 e. The van der Waals surface area contributed by atoms with Crippen LogP contribution < -0.4 is 16.3 Å². The van der Waals surface area contributed by atoms with Crippen LogP contribution >= 0.6 is 23.5 Å². The van der Waals surface area contributed by atoms with Gasteiger partial charge in [-0.05, 0) is 28.5 Å². The van der Waals surface area contributed by atoms with Gasteiger partial charge in [0.1, 0.15) is 35.5 Å². The number of carboxylic acid groups (broad SMARTS) is 1. The molecule has 1 unspecified atom stereocenters. The van der Waals surface area contributed by atoms with Crippen molar-refractivity contribution in [2.75, 3.05) is 11.5 Å². The third kappa shape index (κ3) is 5.60. The zero-order chi connectivity index (χ0) is 29.3. The number of aromatic amines is 1. The maximum atomic E-state index is 13.4. The first-order valence-corrected chi connectivity index (χ1v) is 14.2. The number of H-pyrrole nitrogens is 1. The van der Waals surface area contributed by atoms with Crippen LogP contribution in [0.4, 0.5) is 0 Å². The molecule has 2 aliphatic rings. The Labute approximate surface area is 239 Å². The summed E-state index contributed by atoms with van der Waals surface area (Å²) in [7, 11) is 1.66. The van der Waals surface area contributed by atoms with E-state index in [1.165, 1.54) is 33.1 Å². The van der Waals surface area contributed by atoms with Gasteiger partial charge in [-0.15, -0.1) is 16.9 Å². The molecular weight excluding hydrogens is 576 g/mol. The lowest BCUT2D eigenvalue weighted by Gasteiger charge is -2.49. The number of hydrogen-bond acceptors (Lipinski definition) is 11. The molecule has 0 bridgehead atoms. The highest BCUT2D eigenvalue weighted by Gasteiger charge is 2.54. The summed E-state index contributed by atoms with van der Waals surface area (Å²) in [5, 5.41) is 32.3. The quantitative estimate of drug-likeness (QED) is 0.160. The Balaban J connectivity index is 1.30. The van der Waals surface area contributed by atoms with E-state index >= 15 is 0 Å². The standard InChI is InChI=1S/C23H24N10O6S2/c1-11-26-27-22(39)32(11)8-14(34)24-15(12-6-4-3-5-7-12)18(35)25-16-19(36)33-17(21(37)38)13(9-40-20(16)33)10-41-23-28-29-30-31(23)2/h3-7,15-16,20H,8-10H2,1-2H3,(H,24,34)(H,25,35)(H,27,39)(H,37,38)/t15-,16?,20-/m1/s1. The summed E-state index contributed by atoms with van der Waals surface area (Å²) in [5.74, 6) is -2.22. The first-order chi connectivity index (χ1) is 19.7. The highest BCUT2D eigenvalue weighted by atomic mass is 32.2. The van der Waals surface area contributed by atoms with E-state index in [0.717, 1.165) is 4.57 Å². The van der Waals surface area contributed by atoms with Crippen LogP contribution in [0.2, 0.25) is 0 Å². The van der Waals surface area contributed by atoms with E-state index in [1.54, 1.807) is 44.3 Å². The number of aliphatic carboxylic acids is 1. The van der Waals surface area contributed by atoms with Gasteiger partial charge in [-0.2, -0.15) is 5.10 Å². The van der Waals surface area contributed by atoms with E-state index in [2.05, 4.69) is 36.4 Å². The van der Waals surface area contributed by atoms with Crippen molar-refractivity contribution < 1.29 is 24.3 Å². The maximum absolute atomic E-state index is 13.4. The van der Waals surface area contributed by atoms with Gasteiger partial charge in [0.25, 0.3) is 5.91 Å². The molecular formula is C23H24N10O6S2. The Kier molecular flexibility index (Phi) is 7.93. The highest BCUT2D eigenvalue weighted by molar-refractivity contribution is 8.01. The number of aryl methyl sites for hydroxylation is 2. The summed E-state index contributed by atoms with van der Waals surface area (Å²) >= 11 is 2.58. The molecule has 0 spiro atoms. The Bertz CT molecular complexity index is 1600. The molecule has 41 heavy (non-hydrogen) atoms. The second-order valence-electron chi connectivity index (χ2n) is 9.10. The van der Waals surface area contributed by atoms with Crippen LogP contribution in [0.15, 0.2) is 51.6 Å². The predicted molar refractivity (Wildman–Crippen MR) is 144 cm³/mol. The fraction of sp³-hybridized carbons (Fsp3) is 0.348. The first-order valence-electron chi connectivity index (χ1n) is 12.2. The molecule has 16 nitrogen and oxygen atoms in total. The van der Waals surface area contributed by atoms with Crippen molar-refractivity contribution in [2.45, 2.75) is 36.1 Å². The van der Waals surface area contributed by atoms with Crippen molar-refractivity contribution in [2.24, 2.45) is 7.05 Å². The van der Waals surface area contributed by atoms with Gasteiger partial charge >= 0.3 is 11.7 Å².